The molecule has 0 unspecified atom stereocenters. The number of amides is 1. The predicted molar refractivity (Wildman–Crippen MR) is 106 cm³/mol. The van der Waals surface area contributed by atoms with Crippen LogP contribution in [0.2, 0.25) is 0 Å². The largest absolute Gasteiger partial charge is 0.493 e. The molecule has 136 valence electrons. The second-order valence-electron chi connectivity index (χ2n) is 5.76. The summed E-state index contributed by atoms with van der Waals surface area (Å²) in [6, 6.07) is 26.6. The summed E-state index contributed by atoms with van der Waals surface area (Å²) in [5, 5.41) is 6.27. The Balaban J connectivity index is 1.41. The highest BCUT2D eigenvalue weighted by Gasteiger charge is 2.03. The molecule has 5 nitrogen and oxygen atoms in total. The molecule has 27 heavy (non-hydrogen) atoms. The average Bonchev–Trinajstić information content (AvgIpc) is 2.71. The van der Waals surface area contributed by atoms with E-state index in [0.29, 0.717) is 12.3 Å². The molecule has 0 saturated carbocycles. The third-order valence-electron chi connectivity index (χ3n) is 3.74. The molecular formula is C22H20N2O3. The number of oxime groups is 1. The number of hydrogen-bond acceptors (Lipinski definition) is 4. The van der Waals surface area contributed by atoms with Crippen LogP contribution in [0.4, 0.5) is 10.5 Å². The summed E-state index contributed by atoms with van der Waals surface area (Å²) in [6.45, 7) is 0.590. The van der Waals surface area contributed by atoms with Gasteiger partial charge in [-0.25, -0.2) is 4.79 Å². The number of carbonyl (C=O) groups is 1. The van der Waals surface area contributed by atoms with Crippen LogP contribution < -0.4 is 10.1 Å². The fourth-order valence-electron chi connectivity index (χ4n) is 2.38. The summed E-state index contributed by atoms with van der Waals surface area (Å²) in [6.07, 6.45) is 1.66. The van der Waals surface area contributed by atoms with Crippen molar-refractivity contribution in [1.82, 2.24) is 0 Å². The minimum Gasteiger partial charge on any atom is -0.493 e. The zero-order valence-corrected chi connectivity index (χ0v) is 14.7. The van der Waals surface area contributed by atoms with Gasteiger partial charge in [-0.05, 0) is 35.4 Å². The van der Waals surface area contributed by atoms with Crippen molar-refractivity contribution < 1.29 is 14.4 Å². The highest BCUT2D eigenvalue weighted by atomic mass is 16.7. The van der Waals surface area contributed by atoms with E-state index in [0.717, 1.165) is 17.7 Å². The molecule has 3 rings (SSSR count). The van der Waals surface area contributed by atoms with E-state index in [2.05, 4.69) is 22.6 Å². The molecule has 0 aliphatic heterocycles. The maximum absolute atomic E-state index is 11.7. The van der Waals surface area contributed by atoms with E-state index < -0.39 is 6.09 Å². The Bertz CT molecular complexity index is 863. The van der Waals surface area contributed by atoms with Crippen LogP contribution in [0.1, 0.15) is 11.1 Å². The highest BCUT2D eigenvalue weighted by Crippen LogP contribution is 2.16. The van der Waals surface area contributed by atoms with Crippen LogP contribution in [0.15, 0.2) is 90.1 Å². The van der Waals surface area contributed by atoms with Gasteiger partial charge in [0.2, 0.25) is 0 Å². The smallest absolute Gasteiger partial charge is 0.437 e. The first kappa shape index (κ1) is 18.2. The molecule has 1 amide bonds. The summed E-state index contributed by atoms with van der Waals surface area (Å²) < 4.78 is 5.72. The zero-order valence-electron chi connectivity index (χ0n) is 14.7. The van der Waals surface area contributed by atoms with Crippen LogP contribution in [0.5, 0.6) is 5.75 Å². The van der Waals surface area contributed by atoms with E-state index in [-0.39, 0.29) is 0 Å². The second-order valence-corrected chi connectivity index (χ2v) is 5.76. The SMILES string of the molecule is O=C(Nc1ccc(OCCc2ccccc2)cc1)ON=Cc1ccccc1. The third kappa shape index (κ3) is 6.32. The summed E-state index contributed by atoms with van der Waals surface area (Å²) in [5.41, 5.74) is 2.68. The number of hydrogen-bond donors (Lipinski definition) is 1. The van der Waals surface area contributed by atoms with E-state index in [4.69, 9.17) is 9.57 Å². The maximum atomic E-state index is 11.7. The number of anilines is 1. The van der Waals surface area contributed by atoms with Crippen LogP contribution in [0.3, 0.4) is 0 Å². The second kappa shape index (κ2) is 9.77. The number of nitrogens with one attached hydrogen (secondary N) is 1. The molecule has 0 radical (unpaired) electrons. The Hall–Kier alpha value is -3.60. The predicted octanol–water partition coefficient (Wildman–Crippen LogP) is 4.89. The Morgan fingerprint density at radius 2 is 1.56 bits per heavy atom. The first-order valence-corrected chi connectivity index (χ1v) is 8.63. The Morgan fingerprint density at radius 1 is 0.889 bits per heavy atom. The molecule has 1 N–H and O–H groups in total. The summed E-state index contributed by atoms with van der Waals surface area (Å²) >= 11 is 0. The van der Waals surface area contributed by atoms with E-state index in [9.17, 15) is 4.79 Å². The van der Waals surface area contributed by atoms with Gasteiger partial charge in [-0.1, -0.05) is 65.8 Å². The fourth-order valence-corrected chi connectivity index (χ4v) is 2.38. The first-order valence-electron chi connectivity index (χ1n) is 8.63. The minimum atomic E-state index is -0.653. The summed E-state index contributed by atoms with van der Waals surface area (Å²) in [7, 11) is 0. The number of nitrogens with zero attached hydrogens (tertiary/aromatic N) is 1. The quantitative estimate of drug-likeness (QED) is 0.371. The summed E-state index contributed by atoms with van der Waals surface area (Å²) in [5.74, 6) is 0.743. The van der Waals surface area contributed by atoms with Crippen LogP contribution in [0.25, 0.3) is 0 Å². The van der Waals surface area contributed by atoms with Crippen molar-refractivity contribution in [2.45, 2.75) is 6.42 Å². The molecule has 0 aromatic heterocycles. The average molecular weight is 360 g/mol. The molecule has 3 aromatic rings. The lowest BCUT2D eigenvalue weighted by Crippen LogP contribution is -2.10. The molecule has 0 aliphatic carbocycles. The van der Waals surface area contributed by atoms with E-state index in [1.807, 2.05) is 48.5 Å². The molecule has 0 bridgehead atoms. The zero-order chi connectivity index (χ0) is 18.7. The van der Waals surface area contributed by atoms with Crippen molar-refractivity contribution in [3.05, 3.63) is 96.1 Å². The molecular weight excluding hydrogens is 340 g/mol. The van der Waals surface area contributed by atoms with Crippen LogP contribution in [-0.2, 0) is 11.3 Å². The molecule has 0 saturated heterocycles. The topological polar surface area (TPSA) is 59.9 Å². The molecule has 0 atom stereocenters. The van der Waals surface area contributed by atoms with Gasteiger partial charge in [0.05, 0.1) is 12.8 Å². The Kier molecular flexibility index (Phi) is 6.59. The lowest BCUT2D eigenvalue weighted by atomic mass is 10.2. The molecule has 3 aromatic carbocycles. The number of carbonyl (C=O) groups excluding carboxylic acids is 1. The van der Waals surface area contributed by atoms with Crippen LogP contribution >= 0.6 is 0 Å². The number of benzene rings is 3. The van der Waals surface area contributed by atoms with Gasteiger partial charge in [0.1, 0.15) is 5.75 Å². The van der Waals surface area contributed by atoms with Crippen molar-refractivity contribution in [2.24, 2.45) is 5.16 Å². The van der Waals surface area contributed by atoms with Gasteiger partial charge in [0, 0.05) is 12.1 Å². The first-order chi connectivity index (χ1) is 13.3. The lowest BCUT2D eigenvalue weighted by molar-refractivity contribution is 0.167. The molecule has 0 aliphatic rings. The highest BCUT2D eigenvalue weighted by molar-refractivity contribution is 5.85. The Labute approximate surface area is 158 Å². The van der Waals surface area contributed by atoms with Gasteiger partial charge in [0.25, 0.3) is 0 Å². The van der Waals surface area contributed by atoms with Crippen molar-refractivity contribution in [2.75, 3.05) is 11.9 Å². The van der Waals surface area contributed by atoms with E-state index >= 15 is 0 Å². The van der Waals surface area contributed by atoms with Crippen molar-refractivity contribution in [3.8, 4) is 5.75 Å². The number of ether oxygens (including phenoxy) is 1. The van der Waals surface area contributed by atoms with Gasteiger partial charge in [-0.15, -0.1) is 0 Å². The van der Waals surface area contributed by atoms with Crippen molar-refractivity contribution >= 4 is 18.0 Å². The van der Waals surface area contributed by atoms with Gasteiger partial charge in [-0.2, -0.15) is 0 Å². The van der Waals surface area contributed by atoms with Gasteiger partial charge in [-0.3, -0.25) is 10.2 Å². The summed E-state index contributed by atoms with van der Waals surface area (Å²) in [4.78, 5) is 16.5. The third-order valence-corrected chi connectivity index (χ3v) is 3.74. The number of rotatable bonds is 7. The van der Waals surface area contributed by atoms with Crippen LogP contribution in [-0.4, -0.2) is 18.9 Å². The van der Waals surface area contributed by atoms with Gasteiger partial charge in [0.15, 0.2) is 0 Å². The van der Waals surface area contributed by atoms with Crippen molar-refractivity contribution in [1.29, 1.82) is 0 Å². The molecule has 0 fully saturated rings. The fraction of sp³-hybridized carbons (Fsp3) is 0.0909. The maximum Gasteiger partial charge on any atom is 0.437 e. The molecule has 0 heterocycles. The van der Waals surface area contributed by atoms with Crippen LogP contribution in [0, 0.1) is 0 Å². The Morgan fingerprint density at radius 3 is 2.26 bits per heavy atom. The normalized spacial score (nSPS) is 10.5. The van der Waals surface area contributed by atoms with Gasteiger partial charge < -0.3 is 4.74 Å². The molecule has 5 heteroatoms. The molecule has 0 spiro atoms. The van der Waals surface area contributed by atoms with E-state index in [1.165, 1.54) is 11.8 Å². The van der Waals surface area contributed by atoms with Crippen molar-refractivity contribution in [3.63, 3.8) is 0 Å². The minimum absolute atomic E-state index is 0.590. The van der Waals surface area contributed by atoms with Gasteiger partial charge >= 0.3 is 6.09 Å². The standard InChI is InChI=1S/C22H20N2O3/c25-22(27-23-17-19-9-5-2-6-10-19)24-20-11-13-21(14-12-20)26-16-15-18-7-3-1-4-8-18/h1-14,17H,15-16H2,(H,24,25). The van der Waals surface area contributed by atoms with E-state index in [1.54, 1.807) is 24.3 Å². The monoisotopic (exact) mass is 360 g/mol. The lowest BCUT2D eigenvalue weighted by Gasteiger charge is -2.07.